The lowest BCUT2D eigenvalue weighted by atomic mass is 10.4. The van der Waals surface area contributed by atoms with Crippen molar-refractivity contribution in [1.82, 2.24) is 0 Å². The van der Waals surface area contributed by atoms with Gasteiger partial charge in [0.05, 0.1) is 0 Å². The first kappa shape index (κ1) is 4.82. The largest absolute Gasteiger partial charge is 0.247 e. The van der Waals surface area contributed by atoms with Gasteiger partial charge >= 0.3 is 0 Å². The van der Waals surface area contributed by atoms with Crippen LogP contribution in [-0.2, 0) is 0 Å². The molecule has 0 aromatic carbocycles. The van der Waals surface area contributed by atoms with Crippen molar-refractivity contribution in [2.45, 2.75) is 19.5 Å². The summed E-state index contributed by atoms with van der Waals surface area (Å²) in [4.78, 5) is 0. The average molecular weight is 100 g/mol. The predicted octanol–water partition coefficient (Wildman–Crippen LogP) is 1.92. The molecule has 0 heterocycles. The van der Waals surface area contributed by atoms with E-state index in [4.69, 9.17) is 0 Å². The number of alkyl halides is 1. The van der Waals surface area contributed by atoms with Crippen LogP contribution in [0.15, 0.2) is 12.2 Å². The number of hydrogen-bond donors (Lipinski definition) is 0. The zero-order chi connectivity index (χ0) is 5.28. The lowest BCUT2D eigenvalue weighted by Crippen LogP contribution is -1.68. The van der Waals surface area contributed by atoms with E-state index >= 15 is 0 Å². The Morgan fingerprint density at radius 2 is 2.29 bits per heavy atom. The minimum atomic E-state index is -0.517. The van der Waals surface area contributed by atoms with Crippen LogP contribution in [0.25, 0.3) is 0 Å². The lowest BCUT2D eigenvalue weighted by Gasteiger charge is -1.73. The van der Waals surface area contributed by atoms with E-state index in [9.17, 15) is 4.39 Å². The van der Waals surface area contributed by atoms with Crippen molar-refractivity contribution >= 4 is 0 Å². The summed E-state index contributed by atoms with van der Waals surface area (Å²) in [5.41, 5.74) is 0. The van der Waals surface area contributed by atoms with E-state index in [0.29, 0.717) is 0 Å². The summed E-state index contributed by atoms with van der Waals surface area (Å²) in [6.45, 7) is 1.92. The molecule has 0 aromatic rings. The molecule has 0 radical (unpaired) electrons. The third-order valence-electron chi connectivity index (χ3n) is 1.20. The van der Waals surface area contributed by atoms with Crippen molar-refractivity contribution in [1.29, 1.82) is 0 Å². The Morgan fingerprint density at radius 1 is 1.71 bits per heavy atom. The van der Waals surface area contributed by atoms with E-state index < -0.39 is 6.17 Å². The molecule has 0 nitrogen and oxygen atoms in total. The normalized spacial score (nSPS) is 39.7. The van der Waals surface area contributed by atoms with E-state index in [0.717, 1.165) is 6.42 Å². The van der Waals surface area contributed by atoms with Gasteiger partial charge in [0.15, 0.2) is 0 Å². The predicted molar refractivity (Wildman–Crippen MR) is 27.8 cm³/mol. The molecule has 2 atom stereocenters. The molecule has 1 fully saturated rings. The summed E-state index contributed by atoms with van der Waals surface area (Å²) < 4.78 is 11.9. The molecule has 1 aliphatic rings. The fourth-order valence-corrected chi connectivity index (χ4v) is 0.628. The molecule has 0 bridgehead atoms. The zero-order valence-corrected chi connectivity index (χ0v) is 4.39. The fraction of sp³-hybridized carbons (Fsp3) is 0.667. The van der Waals surface area contributed by atoms with Gasteiger partial charge in [-0.25, -0.2) is 4.39 Å². The Labute approximate surface area is 43.0 Å². The first-order valence-electron chi connectivity index (χ1n) is 2.61. The Hall–Kier alpha value is -0.330. The summed E-state index contributed by atoms with van der Waals surface area (Å²) in [5.74, 6) is 0.269. The van der Waals surface area contributed by atoms with Gasteiger partial charge in [0.2, 0.25) is 0 Å². The highest BCUT2D eigenvalue weighted by Gasteiger charge is 2.34. The third-order valence-corrected chi connectivity index (χ3v) is 1.20. The highest BCUT2D eigenvalue weighted by Crippen LogP contribution is 2.34. The molecular weight excluding hydrogens is 91.1 g/mol. The topological polar surface area (TPSA) is 0 Å². The molecule has 2 unspecified atom stereocenters. The van der Waals surface area contributed by atoms with Crippen LogP contribution < -0.4 is 0 Å². The SMILES string of the molecule is CC=CC1CC1F. The van der Waals surface area contributed by atoms with Gasteiger partial charge in [-0.05, 0) is 13.3 Å². The van der Waals surface area contributed by atoms with Gasteiger partial charge in [0.1, 0.15) is 6.17 Å². The molecule has 0 aromatic heterocycles. The van der Waals surface area contributed by atoms with E-state index in [-0.39, 0.29) is 5.92 Å². The summed E-state index contributed by atoms with van der Waals surface area (Å²) in [6.07, 6.45) is 4.07. The summed E-state index contributed by atoms with van der Waals surface area (Å²) in [5, 5.41) is 0. The second kappa shape index (κ2) is 1.65. The first-order chi connectivity index (χ1) is 3.34. The van der Waals surface area contributed by atoms with Crippen LogP contribution in [0, 0.1) is 5.92 Å². The molecular formula is C6H9F. The number of allylic oxidation sites excluding steroid dienone is 2. The van der Waals surface area contributed by atoms with Crippen molar-refractivity contribution in [2.75, 3.05) is 0 Å². The molecule has 7 heavy (non-hydrogen) atoms. The number of halogens is 1. The van der Waals surface area contributed by atoms with E-state index in [1.54, 1.807) is 0 Å². The minimum Gasteiger partial charge on any atom is -0.247 e. The summed E-state index contributed by atoms with van der Waals surface area (Å²) >= 11 is 0. The average Bonchev–Trinajstić information content (AvgIpc) is 2.22. The molecule has 0 saturated heterocycles. The van der Waals surface area contributed by atoms with Crippen molar-refractivity contribution in [2.24, 2.45) is 5.92 Å². The highest BCUT2D eigenvalue weighted by atomic mass is 19.1. The van der Waals surface area contributed by atoms with Gasteiger partial charge in [-0.2, -0.15) is 0 Å². The standard InChI is InChI=1S/C6H9F/c1-2-3-5-4-6(5)7/h2-3,5-6H,4H2,1H3. The maximum atomic E-state index is 11.9. The Bertz CT molecular complexity index is 86.2. The molecule has 0 amide bonds. The van der Waals surface area contributed by atoms with Crippen LogP contribution >= 0.6 is 0 Å². The summed E-state index contributed by atoms with van der Waals surface area (Å²) in [7, 11) is 0. The number of hydrogen-bond acceptors (Lipinski definition) is 0. The van der Waals surface area contributed by atoms with E-state index in [1.807, 2.05) is 19.1 Å². The van der Waals surface area contributed by atoms with Crippen molar-refractivity contribution in [3.8, 4) is 0 Å². The van der Waals surface area contributed by atoms with Gasteiger partial charge in [-0.15, -0.1) is 0 Å². The quantitative estimate of drug-likeness (QED) is 0.441. The van der Waals surface area contributed by atoms with Gasteiger partial charge < -0.3 is 0 Å². The van der Waals surface area contributed by atoms with Crippen molar-refractivity contribution in [3.05, 3.63) is 12.2 Å². The maximum absolute atomic E-state index is 11.9. The fourth-order valence-electron chi connectivity index (χ4n) is 0.628. The smallest absolute Gasteiger partial charge is 0.107 e. The summed E-state index contributed by atoms with van der Waals surface area (Å²) in [6, 6.07) is 0. The van der Waals surface area contributed by atoms with E-state index in [1.165, 1.54) is 0 Å². The van der Waals surface area contributed by atoms with Gasteiger partial charge in [-0.3, -0.25) is 0 Å². The van der Waals surface area contributed by atoms with Crippen molar-refractivity contribution < 1.29 is 4.39 Å². The van der Waals surface area contributed by atoms with Crippen LogP contribution in [0.4, 0.5) is 4.39 Å². The van der Waals surface area contributed by atoms with Gasteiger partial charge in [0.25, 0.3) is 0 Å². The van der Waals surface area contributed by atoms with Crippen LogP contribution in [0.2, 0.25) is 0 Å². The second-order valence-electron chi connectivity index (χ2n) is 1.94. The molecule has 1 heteroatoms. The Balaban J connectivity index is 2.21. The third kappa shape index (κ3) is 1.02. The zero-order valence-electron chi connectivity index (χ0n) is 4.39. The Kier molecular flexibility index (Phi) is 1.13. The van der Waals surface area contributed by atoms with Gasteiger partial charge in [-0.1, -0.05) is 12.2 Å². The van der Waals surface area contributed by atoms with Crippen LogP contribution in [0.1, 0.15) is 13.3 Å². The molecule has 0 aliphatic heterocycles. The van der Waals surface area contributed by atoms with Crippen LogP contribution in [-0.4, -0.2) is 6.17 Å². The Morgan fingerprint density at radius 3 is 2.43 bits per heavy atom. The van der Waals surface area contributed by atoms with E-state index in [2.05, 4.69) is 0 Å². The molecule has 1 aliphatic carbocycles. The second-order valence-corrected chi connectivity index (χ2v) is 1.94. The molecule has 1 rings (SSSR count). The first-order valence-corrected chi connectivity index (χ1v) is 2.61. The molecule has 0 spiro atoms. The van der Waals surface area contributed by atoms with Gasteiger partial charge in [0, 0.05) is 5.92 Å². The minimum absolute atomic E-state index is 0.269. The van der Waals surface area contributed by atoms with Crippen LogP contribution in [0.3, 0.4) is 0 Å². The van der Waals surface area contributed by atoms with Crippen LogP contribution in [0.5, 0.6) is 0 Å². The monoisotopic (exact) mass is 100 g/mol. The van der Waals surface area contributed by atoms with Crippen molar-refractivity contribution in [3.63, 3.8) is 0 Å². The highest BCUT2D eigenvalue weighted by molar-refractivity contribution is 5.01. The molecule has 0 N–H and O–H groups in total. The molecule has 40 valence electrons. The lowest BCUT2D eigenvalue weighted by molar-refractivity contribution is 0.463. The molecule has 1 saturated carbocycles. The maximum Gasteiger partial charge on any atom is 0.107 e. The number of rotatable bonds is 1.